The maximum atomic E-state index is 13.3. The lowest BCUT2D eigenvalue weighted by molar-refractivity contribution is -0.132. The summed E-state index contributed by atoms with van der Waals surface area (Å²) in [5.41, 5.74) is 1.56. The molecule has 1 fully saturated rings. The van der Waals surface area contributed by atoms with E-state index in [2.05, 4.69) is 0 Å². The molecule has 2 N–H and O–H groups in total. The topological polar surface area (TPSA) is 77.8 Å². The number of carbonyl (C=O) groups excluding carboxylic acids is 2. The highest BCUT2D eigenvalue weighted by Crippen LogP contribution is 2.46. The molecule has 32 heavy (non-hydrogen) atoms. The van der Waals surface area contributed by atoms with Crippen LogP contribution in [-0.4, -0.2) is 21.9 Å². The first-order valence-electron chi connectivity index (χ1n) is 10.1. The molecule has 0 bridgehead atoms. The van der Waals surface area contributed by atoms with Crippen LogP contribution < -0.4 is 4.90 Å². The molecule has 0 aliphatic carbocycles. The SMILES string of the molecule is Cc1ccc(O)c(N2C(=O)C(=O)/C(=C(\O)c3cccc4ccccc34)C2c2cccs2)c1. The fourth-order valence-corrected chi connectivity index (χ4v) is 5.02. The molecule has 1 aliphatic heterocycles. The number of nitrogens with zero attached hydrogens (tertiary/aromatic N) is 1. The first-order chi connectivity index (χ1) is 15.5. The van der Waals surface area contributed by atoms with Crippen LogP contribution in [0.1, 0.15) is 22.0 Å². The third kappa shape index (κ3) is 3.08. The second-order valence-electron chi connectivity index (χ2n) is 7.70. The van der Waals surface area contributed by atoms with Gasteiger partial charge >= 0.3 is 0 Å². The maximum Gasteiger partial charge on any atom is 0.300 e. The number of phenolic OH excluding ortho intramolecular Hbond substituents is 1. The minimum Gasteiger partial charge on any atom is -0.507 e. The lowest BCUT2D eigenvalue weighted by Crippen LogP contribution is -2.29. The molecule has 0 spiro atoms. The number of carbonyl (C=O) groups is 2. The highest BCUT2D eigenvalue weighted by Gasteiger charge is 2.48. The third-order valence-corrected chi connectivity index (χ3v) is 6.62. The molecular formula is C26H19NO4S. The van der Waals surface area contributed by atoms with E-state index in [9.17, 15) is 19.8 Å². The van der Waals surface area contributed by atoms with Gasteiger partial charge in [-0.05, 0) is 46.8 Å². The summed E-state index contributed by atoms with van der Waals surface area (Å²) in [6, 6.07) is 20.7. The van der Waals surface area contributed by atoms with Gasteiger partial charge in [0.15, 0.2) is 0 Å². The van der Waals surface area contributed by atoms with Crippen molar-refractivity contribution in [3.8, 4) is 5.75 Å². The van der Waals surface area contributed by atoms with E-state index < -0.39 is 17.7 Å². The van der Waals surface area contributed by atoms with Crippen molar-refractivity contribution in [2.75, 3.05) is 4.90 Å². The van der Waals surface area contributed by atoms with Crippen LogP contribution in [0.4, 0.5) is 5.69 Å². The number of benzene rings is 3. The summed E-state index contributed by atoms with van der Waals surface area (Å²) in [4.78, 5) is 28.5. The molecule has 0 saturated carbocycles. The number of rotatable bonds is 3. The van der Waals surface area contributed by atoms with Gasteiger partial charge < -0.3 is 10.2 Å². The summed E-state index contributed by atoms with van der Waals surface area (Å²) in [6.07, 6.45) is 0. The monoisotopic (exact) mass is 441 g/mol. The first kappa shape index (κ1) is 20.0. The molecule has 1 atom stereocenters. The molecule has 2 heterocycles. The van der Waals surface area contributed by atoms with Crippen LogP contribution in [0.15, 0.2) is 83.7 Å². The summed E-state index contributed by atoms with van der Waals surface area (Å²) >= 11 is 1.38. The van der Waals surface area contributed by atoms with Gasteiger partial charge in [0.2, 0.25) is 0 Å². The Morgan fingerprint density at radius 2 is 1.75 bits per heavy atom. The molecule has 6 heteroatoms. The number of ketones is 1. The standard InChI is InChI=1S/C26H19NO4S/c1-15-11-12-20(28)19(14-15)27-23(21-10-5-13-32-21)22(25(30)26(27)31)24(29)18-9-4-7-16-6-2-3-8-17(16)18/h2-14,23,28-29H,1H3/b24-22-. The largest absolute Gasteiger partial charge is 0.507 e. The fourth-order valence-electron chi connectivity index (χ4n) is 4.20. The molecule has 3 aromatic carbocycles. The van der Waals surface area contributed by atoms with Crippen molar-refractivity contribution in [1.82, 2.24) is 0 Å². The first-order valence-corrected chi connectivity index (χ1v) is 11.0. The number of aliphatic hydroxyl groups is 1. The Labute approximate surface area is 188 Å². The van der Waals surface area contributed by atoms with Gasteiger partial charge in [0.1, 0.15) is 17.6 Å². The van der Waals surface area contributed by atoms with Crippen LogP contribution in [0.5, 0.6) is 5.75 Å². The molecular weight excluding hydrogens is 422 g/mol. The Balaban J connectivity index is 1.78. The molecule has 0 radical (unpaired) electrons. The Hall–Kier alpha value is -3.90. The number of Topliss-reactive ketones (excluding diaryl/α,β-unsaturated/α-hetero) is 1. The van der Waals surface area contributed by atoms with Crippen molar-refractivity contribution in [2.45, 2.75) is 13.0 Å². The third-order valence-electron chi connectivity index (χ3n) is 5.69. The fraction of sp³-hybridized carbons (Fsp3) is 0.0769. The molecule has 158 valence electrons. The van der Waals surface area contributed by atoms with E-state index in [4.69, 9.17) is 0 Å². The number of anilines is 1. The van der Waals surface area contributed by atoms with Crippen molar-refractivity contribution in [3.05, 3.63) is 99.8 Å². The molecule has 1 amide bonds. The van der Waals surface area contributed by atoms with Crippen molar-refractivity contribution >= 4 is 45.2 Å². The zero-order chi connectivity index (χ0) is 22.4. The molecule has 1 unspecified atom stereocenters. The average molecular weight is 442 g/mol. The molecule has 5 rings (SSSR count). The van der Waals surface area contributed by atoms with Crippen molar-refractivity contribution in [1.29, 1.82) is 0 Å². The van der Waals surface area contributed by atoms with E-state index in [-0.39, 0.29) is 22.8 Å². The number of aryl methyl sites for hydroxylation is 1. The van der Waals surface area contributed by atoms with Gasteiger partial charge in [0.05, 0.1) is 11.3 Å². The number of hydrogen-bond acceptors (Lipinski definition) is 5. The minimum atomic E-state index is -0.846. The van der Waals surface area contributed by atoms with Crippen LogP contribution in [0.25, 0.3) is 16.5 Å². The number of amides is 1. The Morgan fingerprint density at radius 1 is 0.969 bits per heavy atom. The second kappa shape index (κ2) is 7.66. The summed E-state index contributed by atoms with van der Waals surface area (Å²) in [7, 11) is 0. The van der Waals surface area contributed by atoms with Crippen LogP contribution in [-0.2, 0) is 9.59 Å². The Morgan fingerprint density at radius 3 is 2.53 bits per heavy atom. The molecule has 4 aromatic rings. The van der Waals surface area contributed by atoms with E-state index in [1.807, 2.05) is 54.8 Å². The zero-order valence-corrected chi connectivity index (χ0v) is 18.0. The molecule has 1 aromatic heterocycles. The summed E-state index contributed by atoms with van der Waals surface area (Å²) in [5, 5.41) is 25.4. The van der Waals surface area contributed by atoms with E-state index >= 15 is 0 Å². The van der Waals surface area contributed by atoms with Gasteiger partial charge in [0.25, 0.3) is 11.7 Å². The maximum absolute atomic E-state index is 13.3. The van der Waals surface area contributed by atoms with Crippen LogP contribution in [0.3, 0.4) is 0 Å². The van der Waals surface area contributed by atoms with Crippen LogP contribution in [0.2, 0.25) is 0 Å². The van der Waals surface area contributed by atoms with E-state index in [0.717, 1.165) is 16.3 Å². The number of phenols is 1. The van der Waals surface area contributed by atoms with Gasteiger partial charge in [-0.3, -0.25) is 14.5 Å². The van der Waals surface area contributed by atoms with Crippen LogP contribution in [0, 0.1) is 6.92 Å². The van der Waals surface area contributed by atoms with E-state index in [1.165, 1.54) is 22.3 Å². The van der Waals surface area contributed by atoms with Gasteiger partial charge in [-0.15, -0.1) is 11.3 Å². The number of aromatic hydroxyl groups is 1. The minimum absolute atomic E-state index is 0.00899. The second-order valence-corrected chi connectivity index (χ2v) is 8.68. The summed E-state index contributed by atoms with van der Waals surface area (Å²) in [5.74, 6) is -1.90. The lowest BCUT2D eigenvalue weighted by Gasteiger charge is -2.25. The van der Waals surface area contributed by atoms with E-state index in [1.54, 1.807) is 24.3 Å². The highest BCUT2D eigenvalue weighted by atomic mass is 32.1. The van der Waals surface area contributed by atoms with Crippen molar-refractivity contribution in [3.63, 3.8) is 0 Å². The number of aliphatic hydroxyl groups excluding tert-OH is 1. The van der Waals surface area contributed by atoms with E-state index in [0.29, 0.717) is 10.4 Å². The lowest BCUT2D eigenvalue weighted by atomic mass is 9.96. The Kier molecular flexibility index (Phi) is 4.79. The molecule has 5 nitrogen and oxygen atoms in total. The van der Waals surface area contributed by atoms with Crippen molar-refractivity contribution in [2.24, 2.45) is 0 Å². The van der Waals surface area contributed by atoms with Crippen LogP contribution >= 0.6 is 11.3 Å². The number of thiophene rings is 1. The number of hydrogen-bond donors (Lipinski definition) is 2. The predicted molar refractivity (Wildman–Crippen MR) is 126 cm³/mol. The zero-order valence-electron chi connectivity index (χ0n) is 17.1. The Bertz CT molecular complexity index is 1400. The van der Waals surface area contributed by atoms with Gasteiger partial charge in [0, 0.05) is 10.4 Å². The summed E-state index contributed by atoms with van der Waals surface area (Å²) < 4.78 is 0. The molecule has 1 saturated heterocycles. The van der Waals surface area contributed by atoms with Gasteiger partial charge in [-0.1, -0.05) is 54.6 Å². The molecule has 1 aliphatic rings. The normalized spacial score (nSPS) is 17.9. The smallest absolute Gasteiger partial charge is 0.300 e. The van der Waals surface area contributed by atoms with Gasteiger partial charge in [-0.2, -0.15) is 0 Å². The summed E-state index contributed by atoms with van der Waals surface area (Å²) in [6.45, 7) is 1.84. The van der Waals surface area contributed by atoms with Gasteiger partial charge in [-0.25, -0.2) is 0 Å². The van der Waals surface area contributed by atoms with Crippen molar-refractivity contribution < 1.29 is 19.8 Å². The average Bonchev–Trinajstić information content (AvgIpc) is 3.42. The number of fused-ring (bicyclic) bond motifs is 1. The highest BCUT2D eigenvalue weighted by molar-refractivity contribution is 7.10. The quantitative estimate of drug-likeness (QED) is 0.249. The predicted octanol–water partition coefficient (Wildman–Crippen LogP) is 5.54.